The zero-order valence-corrected chi connectivity index (χ0v) is 11.4. The van der Waals surface area contributed by atoms with Crippen molar-refractivity contribution in [2.24, 2.45) is 0 Å². The van der Waals surface area contributed by atoms with Crippen molar-refractivity contribution in [1.29, 1.82) is 0 Å². The maximum absolute atomic E-state index is 13.3. The molecule has 1 amide bonds. The van der Waals surface area contributed by atoms with Gasteiger partial charge in [0.15, 0.2) is 0 Å². The lowest BCUT2D eigenvalue weighted by Gasteiger charge is -2.23. The third-order valence-electron chi connectivity index (χ3n) is 3.65. The van der Waals surface area contributed by atoms with E-state index in [1.54, 1.807) is 17.0 Å². The zero-order valence-electron chi connectivity index (χ0n) is 11.4. The maximum Gasteiger partial charge on any atom is 0.258 e. The lowest BCUT2D eigenvalue weighted by atomic mass is 10.1. The van der Waals surface area contributed by atoms with E-state index in [9.17, 15) is 13.6 Å². The van der Waals surface area contributed by atoms with Gasteiger partial charge in [0, 0.05) is 29.0 Å². The lowest BCUT2D eigenvalue weighted by Crippen LogP contribution is -2.35. The summed E-state index contributed by atoms with van der Waals surface area (Å²) in [5.41, 5.74) is 8.09. The number of benzene rings is 2. The van der Waals surface area contributed by atoms with Crippen molar-refractivity contribution in [2.45, 2.75) is 19.4 Å². The van der Waals surface area contributed by atoms with Gasteiger partial charge in [-0.1, -0.05) is 0 Å². The van der Waals surface area contributed by atoms with Crippen molar-refractivity contribution < 1.29 is 13.6 Å². The minimum Gasteiger partial charge on any atom is -0.399 e. The fourth-order valence-electron chi connectivity index (χ4n) is 2.78. The van der Waals surface area contributed by atoms with Gasteiger partial charge in [-0.2, -0.15) is 0 Å². The van der Waals surface area contributed by atoms with Crippen molar-refractivity contribution in [3.8, 4) is 0 Å². The van der Waals surface area contributed by atoms with Crippen molar-refractivity contribution in [3.63, 3.8) is 0 Å². The second kappa shape index (κ2) is 4.84. The molecule has 1 heterocycles. The van der Waals surface area contributed by atoms with Crippen LogP contribution in [0.3, 0.4) is 0 Å². The number of anilines is 2. The molecular formula is C16H14F2N2O. The highest BCUT2D eigenvalue weighted by molar-refractivity contribution is 6.07. The minimum absolute atomic E-state index is 0.00373. The first kappa shape index (κ1) is 13.5. The normalized spacial score (nSPS) is 16.9. The smallest absolute Gasteiger partial charge is 0.258 e. The topological polar surface area (TPSA) is 46.3 Å². The summed E-state index contributed by atoms with van der Waals surface area (Å²) < 4.78 is 26.6. The third-order valence-corrected chi connectivity index (χ3v) is 3.65. The van der Waals surface area contributed by atoms with Crippen molar-refractivity contribution in [1.82, 2.24) is 0 Å². The number of rotatable bonds is 1. The zero-order chi connectivity index (χ0) is 15.1. The molecule has 2 aromatic carbocycles. The number of hydrogen-bond donors (Lipinski definition) is 1. The van der Waals surface area contributed by atoms with Gasteiger partial charge in [-0.05, 0) is 49.2 Å². The number of halogens is 2. The van der Waals surface area contributed by atoms with Gasteiger partial charge in [0.05, 0.1) is 0 Å². The van der Waals surface area contributed by atoms with Gasteiger partial charge in [0.1, 0.15) is 11.6 Å². The molecule has 21 heavy (non-hydrogen) atoms. The average Bonchev–Trinajstić information content (AvgIpc) is 2.71. The van der Waals surface area contributed by atoms with E-state index >= 15 is 0 Å². The van der Waals surface area contributed by atoms with Gasteiger partial charge in [-0.15, -0.1) is 0 Å². The van der Waals surface area contributed by atoms with Crippen molar-refractivity contribution in [3.05, 3.63) is 59.2 Å². The molecule has 0 bridgehead atoms. The van der Waals surface area contributed by atoms with E-state index in [1.807, 2.05) is 13.0 Å². The Labute approximate surface area is 121 Å². The van der Waals surface area contributed by atoms with Crippen LogP contribution in [0.25, 0.3) is 0 Å². The molecular weight excluding hydrogens is 274 g/mol. The molecule has 0 saturated heterocycles. The summed E-state index contributed by atoms with van der Waals surface area (Å²) in [6, 6.07) is 8.07. The van der Waals surface area contributed by atoms with E-state index in [0.29, 0.717) is 12.1 Å². The standard InChI is InChI=1S/C16H14F2N2O/c1-9-4-10-7-14(19)2-3-15(10)20(9)16(21)11-5-12(17)8-13(18)6-11/h2-3,5-9H,4,19H2,1H3. The predicted octanol–water partition coefficient (Wildman–Crippen LogP) is 3.14. The summed E-state index contributed by atoms with van der Waals surface area (Å²) in [5, 5.41) is 0. The quantitative estimate of drug-likeness (QED) is 0.819. The van der Waals surface area contributed by atoms with Gasteiger partial charge in [-0.25, -0.2) is 8.78 Å². The summed E-state index contributed by atoms with van der Waals surface area (Å²) in [5.74, 6) is -1.94. The van der Waals surface area contributed by atoms with Crippen LogP contribution in [0.2, 0.25) is 0 Å². The Kier molecular flexibility index (Phi) is 3.12. The molecule has 0 saturated carbocycles. The van der Waals surface area contributed by atoms with Crippen LogP contribution in [0, 0.1) is 11.6 Å². The molecule has 0 fully saturated rings. The summed E-state index contributed by atoms with van der Waals surface area (Å²) in [4.78, 5) is 14.1. The number of carbonyl (C=O) groups is 1. The third kappa shape index (κ3) is 2.35. The molecule has 1 aliphatic rings. The number of nitrogens with two attached hydrogens (primary N) is 1. The SMILES string of the molecule is CC1Cc2cc(N)ccc2N1C(=O)c1cc(F)cc(F)c1. The fourth-order valence-corrected chi connectivity index (χ4v) is 2.78. The van der Waals surface area contributed by atoms with Crippen molar-refractivity contribution >= 4 is 17.3 Å². The van der Waals surface area contributed by atoms with E-state index in [0.717, 1.165) is 29.4 Å². The van der Waals surface area contributed by atoms with Crippen LogP contribution in [0.1, 0.15) is 22.8 Å². The molecule has 3 nitrogen and oxygen atoms in total. The molecule has 2 N–H and O–H groups in total. The molecule has 1 unspecified atom stereocenters. The van der Waals surface area contributed by atoms with E-state index < -0.39 is 17.5 Å². The summed E-state index contributed by atoms with van der Waals surface area (Å²) in [7, 11) is 0. The molecule has 0 spiro atoms. The first-order valence-electron chi connectivity index (χ1n) is 6.64. The van der Waals surface area contributed by atoms with E-state index in [1.165, 1.54) is 0 Å². The number of carbonyl (C=O) groups excluding carboxylic acids is 1. The maximum atomic E-state index is 13.3. The first-order valence-corrected chi connectivity index (χ1v) is 6.64. The fraction of sp³-hybridized carbons (Fsp3) is 0.188. The molecule has 108 valence electrons. The summed E-state index contributed by atoms with van der Waals surface area (Å²) in [6.07, 6.45) is 0.671. The molecule has 2 aromatic rings. The Hall–Kier alpha value is -2.43. The van der Waals surface area contributed by atoms with Gasteiger partial charge < -0.3 is 10.6 Å². The molecule has 0 aliphatic carbocycles. The van der Waals surface area contributed by atoms with Crippen LogP contribution in [-0.4, -0.2) is 11.9 Å². The van der Waals surface area contributed by atoms with Crippen LogP contribution in [0.15, 0.2) is 36.4 Å². The Morgan fingerprint density at radius 1 is 1.19 bits per heavy atom. The number of nitrogen functional groups attached to an aromatic ring is 1. The van der Waals surface area contributed by atoms with Crippen LogP contribution in [0.4, 0.5) is 20.2 Å². The van der Waals surface area contributed by atoms with E-state index in [2.05, 4.69) is 0 Å². The molecule has 5 heteroatoms. The van der Waals surface area contributed by atoms with Crippen molar-refractivity contribution in [2.75, 3.05) is 10.6 Å². The Morgan fingerprint density at radius 2 is 1.86 bits per heavy atom. The summed E-state index contributed by atoms with van der Waals surface area (Å²) in [6.45, 7) is 1.89. The first-order chi connectivity index (χ1) is 9.95. The number of amides is 1. The van der Waals surface area contributed by atoms with E-state index in [-0.39, 0.29) is 11.6 Å². The van der Waals surface area contributed by atoms with Gasteiger partial charge in [0.25, 0.3) is 5.91 Å². The Balaban J connectivity index is 2.02. The van der Waals surface area contributed by atoms with Crippen LogP contribution < -0.4 is 10.6 Å². The molecule has 1 aliphatic heterocycles. The largest absolute Gasteiger partial charge is 0.399 e. The second-order valence-corrected chi connectivity index (χ2v) is 5.27. The number of fused-ring (bicyclic) bond motifs is 1. The van der Waals surface area contributed by atoms with Crippen LogP contribution in [0.5, 0.6) is 0 Å². The van der Waals surface area contributed by atoms with Crippen LogP contribution in [-0.2, 0) is 6.42 Å². The molecule has 3 rings (SSSR count). The molecule has 1 atom stereocenters. The second-order valence-electron chi connectivity index (χ2n) is 5.27. The van der Waals surface area contributed by atoms with Gasteiger partial charge in [-0.3, -0.25) is 4.79 Å². The highest BCUT2D eigenvalue weighted by Gasteiger charge is 2.31. The molecule has 0 aromatic heterocycles. The Bertz CT molecular complexity index is 710. The molecule has 0 radical (unpaired) electrons. The number of nitrogens with zero attached hydrogens (tertiary/aromatic N) is 1. The highest BCUT2D eigenvalue weighted by atomic mass is 19.1. The minimum atomic E-state index is -0.761. The Morgan fingerprint density at radius 3 is 2.52 bits per heavy atom. The van der Waals surface area contributed by atoms with E-state index in [4.69, 9.17) is 5.73 Å². The predicted molar refractivity (Wildman–Crippen MR) is 77.2 cm³/mol. The lowest BCUT2D eigenvalue weighted by molar-refractivity contribution is 0.0980. The summed E-state index contributed by atoms with van der Waals surface area (Å²) >= 11 is 0. The number of hydrogen-bond acceptors (Lipinski definition) is 2. The van der Waals surface area contributed by atoms with Gasteiger partial charge in [0.2, 0.25) is 0 Å². The average molecular weight is 288 g/mol. The monoisotopic (exact) mass is 288 g/mol. The highest BCUT2D eigenvalue weighted by Crippen LogP contribution is 2.34. The van der Waals surface area contributed by atoms with Crippen LogP contribution >= 0.6 is 0 Å². The van der Waals surface area contributed by atoms with Gasteiger partial charge >= 0.3 is 0 Å².